The topological polar surface area (TPSA) is 61.4 Å². The number of nitrogens with zero attached hydrogens (tertiary/aromatic N) is 1. The second kappa shape index (κ2) is 9.12. The van der Waals surface area contributed by atoms with E-state index < -0.39 is 17.5 Å². The minimum absolute atomic E-state index is 0.0000298. The van der Waals surface area contributed by atoms with Crippen LogP contribution in [0.3, 0.4) is 0 Å². The van der Waals surface area contributed by atoms with Crippen LogP contribution in [-0.4, -0.2) is 42.4 Å². The molecule has 1 fully saturated rings. The zero-order chi connectivity index (χ0) is 20.1. The number of benzene rings is 2. The van der Waals surface area contributed by atoms with E-state index in [0.717, 1.165) is 43.3 Å². The highest BCUT2D eigenvalue weighted by Gasteiger charge is 2.24. The number of hydrogen-bond donors (Lipinski definition) is 2. The number of halogens is 3. The average molecular weight is 408 g/mol. The summed E-state index contributed by atoms with van der Waals surface area (Å²) in [6.45, 7) is 2.11. The second-order valence-corrected chi connectivity index (χ2v) is 7.16. The van der Waals surface area contributed by atoms with Crippen LogP contribution < -0.4 is 10.6 Å². The first kappa shape index (κ1) is 20.2. The number of amides is 2. The summed E-state index contributed by atoms with van der Waals surface area (Å²) in [6, 6.07) is 10.5. The van der Waals surface area contributed by atoms with Crippen molar-refractivity contribution in [2.45, 2.75) is 19.0 Å². The van der Waals surface area contributed by atoms with Crippen LogP contribution in [-0.2, 0) is 11.3 Å². The van der Waals surface area contributed by atoms with Crippen LogP contribution >= 0.6 is 11.6 Å². The molecule has 2 aromatic rings. The largest absolute Gasteiger partial charge is 0.350 e. The van der Waals surface area contributed by atoms with E-state index in [-0.39, 0.29) is 24.1 Å². The molecule has 2 N–H and O–H groups in total. The fourth-order valence-electron chi connectivity index (χ4n) is 3.12. The van der Waals surface area contributed by atoms with Gasteiger partial charge in [-0.3, -0.25) is 14.5 Å². The molecule has 2 amide bonds. The molecule has 148 valence electrons. The number of hydrogen-bond acceptors (Lipinski definition) is 3. The van der Waals surface area contributed by atoms with Gasteiger partial charge in [0.05, 0.1) is 6.54 Å². The maximum absolute atomic E-state index is 13.2. The van der Waals surface area contributed by atoms with Crippen molar-refractivity contribution in [3.05, 3.63) is 70.2 Å². The Morgan fingerprint density at radius 1 is 1.11 bits per heavy atom. The van der Waals surface area contributed by atoms with Crippen molar-refractivity contribution < 1.29 is 18.4 Å². The Balaban J connectivity index is 1.42. The van der Waals surface area contributed by atoms with Crippen molar-refractivity contribution in [2.24, 2.45) is 0 Å². The lowest BCUT2D eigenvalue weighted by Crippen LogP contribution is -2.43. The molecule has 5 nitrogen and oxygen atoms in total. The summed E-state index contributed by atoms with van der Waals surface area (Å²) in [6.07, 6.45) is 0.816. The van der Waals surface area contributed by atoms with Crippen LogP contribution in [0.1, 0.15) is 22.3 Å². The lowest BCUT2D eigenvalue weighted by Gasteiger charge is -2.17. The van der Waals surface area contributed by atoms with Crippen molar-refractivity contribution in [2.75, 3.05) is 19.6 Å². The Bertz CT molecular complexity index is 861. The van der Waals surface area contributed by atoms with Gasteiger partial charge in [-0.1, -0.05) is 23.7 Å². The van der Waals surface area contributed by atoms with Crippen LogP contribution in [0.2, 0.25) is 5.02 Å². The highest BCUT2D eigenvalue weighted by molar-refractivity contribution is 6.30. The van der Waals surface area contributed by atoms with Gasteiger partial charge in [-0.25, -0.2) is 8.78 Å². The molecule has 28 heavy (non-hydrogen) atoms. The first-order valence-corrected chi connectivity index (χ1v) is 9.28. The zero-order valence-electron chi connectivity index (χ0n) is 15.1. The molecule has 3 rings (SSSR count). The molecular weight excluding hydrogens is 388 g/mol. The van der Waals surface area contributed by atoms with Crippen molar-refractivity contribution in [3.63, 3.8) is 0 Å². The Morgan fingerprint density at radius 2 is 1.86 bits per heavy atom. The van der Waals surface area contributed by atoms with Gasteiger partial charge in [0.25, 0.3) is 5.91 Å². The van der Waals surface area contributed by atoms with Crippen molar-refractivity contribution in [3.8, 4) is 0 Å². The molecule has 8 heteroatoms. The average Bonchev–Trinajstić information content (AvgIpc) is 3.10. The van der Waals surface area contributed by atoms with E-state index in [1.165, 1.54) is 0 Å². The number of nitrogens with one attached hydrogen (secondary N) is 2. The van der Waals surface area contributed by atoms with E-state index in [4.69, 9.17) is 11.6 Å². The molecule has 1 aliphatic rings. The van der Waals surface area contributed by atoms with Crippen molar-refractivity contribution in [1.29, 1.82) is 0 Å². The molecule has 0 aromatic heterocycles. The van der Waals surface area contributed by atoms with Crippen LogP contribution in [0.5, 0.6) is 0 Å². The quantitative estimate of drug-likeness (QED) is 0.774. The van der Waals surface area contributed by atoms with Gasteiger partial charge >= 0.3 is 0 Å². The first-order chi connectivity index (χ1) is 13.4. The van der Waals surface area contributed by atoms with Gasteiger partial charge in [0.2, 0.25) is 5.91 Å². The van der Waals surface area contributed by atoms with E-state index in [2.05, 4.69) is 15.5 Å². The molecule has 1 saturated heterocycles. The predicted molar refractivity (Wildman–Crippen MR) is 102 cm³/mol. The normalized spacial score (nSPS) is 16.8. The minimum Gasteiger partial charge on any atom is -0.350 e. The smallest absolute Gasteiger partial charge is 0.251 e. The number of carbonyl (C=O) groups excluding carboxylic acids is 2. The monoisotopic (exact) mass is 407 g/mol. The maximum atomic E-state index is 13.2. The van der Waals surface area contributed by atoms with E-state index in [0.29, 0.717) is 11.6 Å². The highest BCUT2D eigenvalue weighted by atomic mass is 35.5. The second-order valence-electron chi connectivity index (χ2n) is 6.73. The Hall–Kier alpha value is -2.51. The molecule has 0 aliphatic carbocycles. The first-order valence-electron chi connectivity index (χ1n) is 8.90. The standard InChI is InChI=1S/C20H20ClF2N3O2/c21-15-4-1-13(2-5-15)11-26-8-7-16(12-26)25-19(27)10-24-20(28)14-3-6-17(22)18(23)9-14/h1-6,9,16H,7-8,10-12H2,(H,24,28)(H,25,27)/t16-/m1/s1. The van der Waals surface area contributed by atoms with Gasteiger partial charge in [-0.05, 0) is 42.3 Å². The Morgan fingerprint density at radius 3 is 2.57 bits per heavy atom. The van der Waals surface area contributed by atoms with Crippen LogP contribution in [0.15, 0.2) is 42.5 Å². The van der Waals surface area contributed by atoms with Gasteiger partial charge in [0.15, 0.2) is 11.6 Å². The summed E-state index contributed by atoms with van der Waals surface area (Å²) >= 11 is 5.89. The zero-order valence-corrected chi connectivity index (χ0v) is 15.8. The molecule has 0 bridgehead atoms. The van der Waals surface area contributed by atoms with E-state index in [1.54, 1.807) is 0 Å². The summed E-state index contributed by atoms with van der Waals surface area (Å²) in [4.78, 5) is 26.2. The molecule has 0 unspecified atom stereocenters. The third-order valence-corrected chi connectivity index (χ3v) is 4.80. The summed E-state index contributed by atoms with van der Waals surface area (Å²) in [7, 11) is 0. The van der Waals surface area contributed by atoms with Crippen LogP contribution in [0.4, 0.5) is 8.78 Å². The number of carbonyl (C=O) groups is 2. The highest BCUT2D eigenvalue weighted by Crippen LogP contribution is 2.16. The molecule has 1 heterocycles. The Labute approximate surface area is 166 Å². The summed E-state index contributed by atoms with van der Waals surface area (Å²) in [5.74, 6) is -3.10. The maximum Gasteiger partial charge on any atom is 0.251 e. The molecule has 1 aliphatic heterocycles. The minimum atomic E-state index is -1.11. The molecule has 2 aromatic carbocycles. The van der Waals surface area contributed by atoms with Gasteiger partial charge in [-0.15, -0.1) is 0 Å². The fourth-order valence-corrected chi connectivity index (χ4v) is 3.25. The van der Waals surface area contributed by atoms with Gasteiger partial charge in [0.1, 0.15) is 0 Å². The third-order valence-electron chi connectivity index (χ3n) is 4.55. The fraction of sp³-hybridized carbons (Fsp3) is 0.300. The van der Waals surface area contributed by atoms with E-state index in [1.807, 2.05) is 24.3 Å². The third kappa shape index (κ3) is 5.50. The van der Waals surface area contributed by atoms with Crippen LogP contribution in [0, 0.1) is 11.6 Å². The Kier molecular flexibility index (Phi) is 6.59. The molecular formula is C20H20ClF2N3O2. The molecule has 0 radical (unpaired) electrons. The van der Waals surface area contributed by atoms with Gasteiger partial charge in [-0.2, -0.15) is 0 Å². The lowest BCUT2D eigenvalue weighted by atomic mass is 10.2. The number of rotatable bonds is 6. The van der Waals surface area contributed by atoms with E-state index in [9.17, 15) is 18.4 Å². The van der Waals surface area contributed by atoms with Crippen molar-refractivity contribution >= 4 is 23.4 Å². The SMILES string of the molecule is O=C(CNC(=O)c1ccc(F)c(F)c1)N[C@@H]1CCN(Cc2ccc(Cl)cc2)C1. The molecule has 1 atom stereocenters. The number of likely N-dealkylation sites (tertiary alicyclic amines) is 1. The molecule has 0 spiro atoms. The summed E-state index contributed by atoms with van der Waals surface area (Å²) < 4.78 is 26.1. The van der Waals surface area contributed by atoms with Gasteiger partial charge < -0.3 is 10.6 Å². The van der Waals surface area contributed by atoms with Crippen molar-refractivity contribution in [1.82, 2.24) is 15.5 Å². The molecule has 0 saturated carbocycles. The van der Waals surface area contributed by atoms with Crippen LogP contribution in [0.25, 0.3) is 0 Å². The summed E-state index contributed by atoms with van der Waals surface area (Å²) in [5.41, 5.74) is 1.11. The van der Waals surface area contributed by atoms with Gasteiger partial charge in [0, 0.05) is 36.3 Å². The summed E-state index contributed by atoms with van der Waals surface area (Å²) in [5, 5.41) is 5.99. The lowest BCUT2D eigenvalue weighted by molar-refractivity contribution is -0.120. The van der Waals surface area contributed by atoms with E-state index >= 15 is 0 Å². The predicted octanol–water partition coefficient (Wildman–Crippen LogP) is 2.74.